The molecule has 0 radical (unpaired) electrons. The Labute approximate surface area is 96.2 Å². The second-order valence-corrected chi connectivity index (χ2v) is 5.24. The third-order valence-electron chi connectivity index (χ3n) is 2.72. The maximum absolute atomic E-state index is 10.4. The van der Waals surface area contributed by atoms with Gasteiger partial charge in [0.05, 0.1) is 0 Å². The third-order valence-corrected chi connectivity index (χ3v) is 3.11. The highest BCUT2D eigenvalue weighted by molar-refractivity contribution is 7.81. The van der Waals surface area contributed by atoms with Gasteiger partial charge in [-0.05, 0) is 29.5 Å². The van der Waals surface area contributed by atoms with Gasteiger partial charge >= 0.3 is 0 Å². The highest BCUT2D eigenvalue weighted by Crippen LogP contribution is 2.28. The maximum atomic E-state index is 10.4. The van der Waals surface area contributed by atoms with Crippen LogP contribution in [0.2, 0.25) is 0 Å². The highest BCUT2D eigenvalue weighted by Gasteiger charge is 2.17. The van der Waals surface area contributed by atoms with Crippen LogP contribution in [0.4, 0.5) is 0 Å². The Morgan fingerprint density at radius 3 is 2.12 bits per heavy atom. The molecule has 4 nitrogen and oxygen atoms in total. The van der Waals surface area contributed by atoms with Gasteiger partial charge in [0.25, 0.3) is 10.4 Å². The predicted molar refractivity (Wildman–Crippen MR) is 60.1 cm³/mol. The largest absolute Gasteiger partial charge is 0.716 e. The van der Waals surface area contributed by atoms with Crippen molar-refractivity contribution in [1.82, 2.24) is 0 Å². The molecule has 16 heavy (non-hydrogen) atoms. The lowest BCUT2D eigenvalue weighted by atomic mass is 9.82. The van der Waals surface area contributed by atoms with Gasteiger partial charge in [-0.15, -0.1) is 0 Å². The molecule has 0 aromatic heterocycles. The van der Waals surface area contributed by atoms with Gasteiger partial charge in [-0.3, -0.25) is 0 Å². The number of rotatable bonds is 4. The van der Waals surface area contributed by atoms with Gasteiger partial charge in [0, 0.05) is 0 Å². The summed E-state index contributed by atoms with van der Waals surface area (Å²) in [6.45, 7) is 6.26. The molecule has 0 heterocycles. The predicted octanol–water partition coefficient (Wildman–Crippen LogP) is 2.21. The van der Waals surface area contributed by atoms with Crippen LogP contribution in [-0.2, 0) is 15.8 Å². The van der Waals surface area contributed by atoms with Gasteiger partial charge in [0.2, 0.25) is 0 Å². The monoisotopic (exact) mass is 243 g/mol. The molecular formula is C11H15O4S-. The van der Waals surface area contributed by atoms with Crippen molar-refractivity contribution in [3.8, 4) is 5.75 Å². The van der Waals surface area contributed by atoms with Crippen molar-refractivity contribution in [2.24, 2.45) is 0 Å². The normalized spacial score (nSPS) is 12.5. The van der Waals surface area contributed by atoms with E-state index in [0.717, 1.165) is 12.0 Å². The van der Waals surface area contributed by atoms with Crippen molar-refractivity contribution < 1.29 is 17.2 Å². The molecule has 0 bridgehead atoms. The van der Waals surface area contributed by atoms with E-state index in [1.807, 2.05) is 0 Å². The Hall–Kier alpha value is -1.07. The van der Waals surface area contributed by atoms with E-state index in [1.165, 1.54) is 12.1 Å². The van der Waals surface area contributed by atoms with Crippen LogP contribution in [-0.4, -0.2) is 13.0 Å². The van der Waals surface area contributed by atoms with Crippen LogP contribution in [0.25, 0.3) is 0 Å². The van der Waals surface area contributed by atoms with E-state index < -0.39 is 10.4 Å². The van der Waals surface area contributed by atoms with E-state index in [4.69, 9.17) is 0 Å². The first-order chi connectivity index (χ1) is 7.24. The lowest BCUT2D eigenvalue weighted by molar-refractivity contribution is 0.372. The van der Waals surface area contributed by atoms with Crippen molar-refractivity contribution in [2.75, 3.05) is 0 Å². The Morgan fingerprint density at radius 2 is 1.75 bits per heavy atom. The van der Waals surface area contributed by atoms with Crippen LogP contribution in [0.1, 0.15) is 32.8 Å². The molecule has 0 aliphatic carbocycles. The Kier molecular flexibility index (Phi) is 3.60. The maximum Gasteiger partial charge on any atom is 0.262 e. The fourth-order valence-corrected chi connectivity index (χ4v) is 1.63. The first kappa shape index (κ1) is 13.0. The molecule has 0 spiro atoms. The number of hydrogen-bond acceptors (Lipinski definition) is 4. The van der Waals surface area contributed by atoms with Gasteiger partial charge in [-0.25, -0.2) is 8.42 Å². The summed E-state index contributed by atoms with van der Waals surface area (Å²) in [5, 5.41) is 0. The average molecular weight is 243 g/mol. The van der Waals surface area contributed by atoms with Crippen LogP contribution in [0.5, 0.6) is 5.75 Å². The van der Waals surface area contributed by atoms with Crippen LogP contribution in [0.3, 0.4) is 0 Å². The molecule has 0 amide bonds. The van der Waals surface area contributed by atoms with Gasteiger partial charge in [0.1, 0.15) is 5.75 Å². The molecule has 0 aliphatic heterocycles. The van der Waals surface area contributed by atoms with E-state index >= 15 is 0 Å². The summed E-state index contributed by atoms with van der Waals surface area (Å²) < 4.78 is 35.3. The second-order valence-electron chi connectivity index (χ2n) is 4.25. The summed E-state index contributed by atoms with van der Waals surface area (Å²) >= 11 is 0. The molecule has 1 rings (SSSR count). The number of benzene rings is 1. The van der Waals surface area contributed by atoms with E-state index in [1.54, 1.807) is 12.1 Å². The minimum Gasteiger partial charge on any atom is -0.716 e. The first-order valence-electron chi connectivity index (χ1n) is 5.00. The summed E-state index contributed by atoms with van der Waals surface area (Å²) in [4.78, 5) is 0. The lowest BCUT2D eigenvalue weighted by Crippen LogP contribution is -2.15. The molecule has 90 valence electrons. The fraction of sp³-hybridized carbons (Fsp3) is 0.455. The Morgan fingerprint density at radius 1 is 1.25 bits per heavy atom. The van der Waals surface area contributed by atoms with E-state index in [0.29, 0.717) is 0 Å². The summed E-state index contributed by atoms with van der Waals surface area (Å²) in [5.41, 5.74) is 1.10. The average Bonchev–Trinajstić information content (AvgIpc) is 2.16. The molecule has 0 saturated carbocycles. The van der Waals surface area contributed by atoms with E-state index in [9.17, 15) is 13.0 Å². The van der Waals surface area contributed by atoms with E-state index in [-0.39, 0.29) is 11.2 Å². The van der Waals surface area contributed by atoms with Crippen LogP contribution in [0.15, 0.2) is 24.3 Å². The zero-order valence-corrected chi connectivity index (χ0v) is 10.4. The molecule has 1 aromatic carbocycles. The van der Waals surface area contributed by atoms with Crippen molar-refractivity contribution >= 4 is 10.4 Å². The molecule has 0 N–H and O–H groups in total. The van der Waals surface area contributed by atoms with Crippen molar-refractivity contribution in [3.05, 3.63) is 29.8 Å². The van der Waals surface area contributed by atoms with Gasteiger partial charge in [-0.2, -0.15) is 0 Å². The standard InChI is InChI=1S/C11H16O4S/c1-4-11(2,3)9-5-7-10(8-6-9)15-16(12,13)14/h5-8H,4H2,1-3H3,(H,12,13,14)/p-1. The van der Waals surface area contributed by atoms with Crippen LogP contribution >= 0.6 is 0 Å². The van der Waals surface area contributed by atoms with Crippen molar-refractivity contribution in [3.63, 3.8) is 0 Å². The van der Waals surface area contributed by atoms with Gasteiger partial charge in [0.15, 0.2) is 0 Å². The zero-order chi connectivity index (χ0) is 12.4. The Balaban J connectivity index is 2.92. The van der Waals surface area contributed by atoms with Gasteiger partial charge < -0.3 is 8.74 Å². The number of hydrogen-bond donors (Lipinski definition) is 0. The first-order valence-corrected chi connectivity index (χ1v) is 6.34. The smallest absolute Gasteiger partial charge is 0.262 e. The molecule has 0 aliphatic rings. The van der Waals surface area contributed by atoms with Crippen molar-refractivity contribution in [2.45, 2.75) is 32.6 Å². The third kappa shape index (κ3) is 3.50. The topological polar surface area (TPSA) is 66.4 Å². The quantitative estimate of drug-likeness (QED) is 0.600. The summed E-state index contributed by atoms with van der Waals surface area (Å²) in [6, 6.07) is 6.51. The fourth-order valence-electron chi connectivity index (χ4n) is 1.28. The summed E-state index contributed by atoms with van der Waals surface area (Å²) in [5.74, 6) is 0.0469. The summed E-state index contributed by atoms with van der Waals surface area (Å²) in [6.07, 6.45) is 0.965. The molecule has 5 heteroatoms. The highest BCUT2D eigenvalue weighted by atomic mass is 32.3. The zero-order valence-electron chi connectivity index (χ0n) is 9.56. The minimum atomic E-state index is -4.68. The molecule has 0 saturated heterocycles. The molecule has 1 aromatic rings. The molecule has 0 atom stereocenters. The minimum absolute atomic E-state index is 0.0227. The second kappa shape index (κ2) is 4.43. The van der Waals surface area contributed by atoms with Crippen LogP contribution < -0.4 is 4.18 Å². The SMILES string of the molecule is CCC(C)(C)c1ccc(OS(=O)(=O)[O-])cc1. The Bertz CT molecular complexity index is 445. The van der Waals surface area contributed by atoms with Crippen LogP contribution in [0, 0.1) is 0 Å². The molecule has 0 unspecified atom stereocenters. The molecular weight excluding hydrogens is 228 g/mol. The van der Waals surface area contributed by atoms with Crippen molar-refractivity contribution in [1.29, 1.82) is 0 Å². The van der Waals surface area contributed by atoms with Gasteiger partial charge in [-0.1, -0.05) is 32.9 Å². The molecule has 0 fully saturated rings. The lowest BCUT2D eigenvalue weighted by Gasteiger charge is -2.23. The summed E-state index contributed by atoms with van der Waals surface area (Å²) in [7, 11) is -4.68. The van der Waals surface area contributed by atoms with E-state index in [2.05, 4.69) is 25.0 Å².